The van der Waals surface area contributed by atoms with E-state index < -0.39 is 24.3 Å². The number of likely N-dealkylation sites (tertiary alicyclic amines) is 2. The van der Waals surface area contributed by atoms with Crippen molar-refractivity contribution in [2.24, 2.45) is 17.8 Å². The zero-order chi connectivity index (χ0) is 41.2. The van der Waals surface area contributed by atoms with Gasteiger partial charge in [-0.05, 0) is 85.0 Å². The van der Waals surface area contributed by atoms with Crippen molar-refractivity contribution in [3.05, 3.63) is 72.6 Å². The predicted molar refractivity (Wildman–Crippen MR) is 218 cm³/mol. The summed E-state index contributed by atoms with van der Waals surface area (Å²) in [4.78, 5) is 72.6. The Bertz CT molecular complexity index is 2130. The van der Waals surface area contributed by atoms with E-state index >= 15 is 0 Å². The van der Waals surface area contributed by atoms with Gasteiger partial charge >= 0.3 is 12.2 Å². The van der Waals surface area contributed by atoms with Gasteiger partial charge in [0, 0.05) is 25.8 Å². The first-order valence-corrected chi connectivity index (χ1v) is 20.8. The van der Waals surface area contributed by atoms with Crippen LogP contribution in [0.3, 0.4) is 0 Å². The van der Waals surface area contributed by atoms with Gasteiger partial charge < -0.3 is 44.6 Å². The van der Waals surface area contributed by atoms with E-state index in [4.69, 9.17) is 19.2 Å². The van der Waals surface area contributed by atoms with Gasteiger partial charge in [0.25, 0.3) is 0 Å². The van der Waals surface area contributed by atoms with Gasteiger partial charge in [0.05, 0.1) is 50.1 Å². The lowest BCUT2D eigenvalue weighted by atomic mass is 9.89. The van der Waals surface area contributed by atoms with Gasteiger partial charge in [-0.3, -0.25) is 9.59 Å². The number of H-pyrrole nitrogens is 2. The van der Waals surface area contributed by atoms with E-state index in [1.54, 1.807) is 6.20 Å². The smallest absolute Gasteiger partial charge is 0.407 e. The van der Waals surface area contributed by atoms with Gasteiger partial charge in [0.15, 0.2) is 0 Å². The molecule has 6 atom stereocenters. The number of fused-ring (bicyclic) bond motifs is 2. The second kappa shape index (κ2) is 17.3. The van der Waals surface area contributed by atoms with Crippen molar-refractivity contribution in [3.63, 3.8) is 0 Å². The standard InChI is InChI=1S/C44H54N8O7/c1-25(2)36(49-43(55)57-3)41(53)51-19-5-6-35(51)39-45-23-33(47-39)28-11-7-26(8-12-28)27-9-13-29(14-10-27)34-24-46-40(48-34)38-31-15-16-32(22-31)52(38)42(54)37(50-44(56)58-4)30-17-20-59-21-18-30/h7-14,23-25,30-32,35-38H,5-6,15-22H2,1-4H3,(H,45,47)(H,46,48)(H,49,55)(H,50,56)/t31-,32+,35-,36?,37-,38-/m0/s1. The Kier molecular flexibility index (Phi) is 11.7. The summed E-state index contributed by atoms with van der Waals surface area (Å²) in [5.74, 6) is 1.46. The molecule has 59 heavy (non-hydrogen) atoms. The monoisotopic (exact) mass is 806 g/mol. The zero-order valence-electron chi connectivity index (χ0n) is 34.1. The minimum absolute atomic E-state index is 0.0233. The second-order valence-corrected chi connectivity index (χ2v) is 16.5. The van der Waals surface area contributed by atoms with Crippen molar-refractivity contribution in [3.8, 4) is 33.6 Å². The van der Waals surface area contributed by atoms with Gasteiger partial charge in [0.1, 0.15) is 23.7 Å². The zero-order valence-corrected chi connectivity index (χ0v) is 34.1. The van der Waals surface area contributed by atoms with Gasteiger partial charge in [-0.25, -0.2) is 19.6 Å². The number of nitrogens with one attached hydrogen (secondary N) is 4. The lowest BCUT2D eigenvalue weighted by Gasteiger charge is -2.39. The Hall–Kier alpha value is -5.70. The number of methoxy groups -OCH3 is 2. The Morgan fingerprint density at radius 2 is 1.32 bits per heavy atom. The first-order valence-electron chi connectivity index (χ1n) is 20.8. The van der Waals surface area contributed by atoms with Crippen LogP contribution in [0.4, 0.5) is 9.59 Å². The molecule has 2 bridgehead atoms. The minimum Gasteiger partial charge on any atom is -0.453 e. The first kappa shape index (κ1) is 40.1. The Labute approximate surface area is 344 Å². The Morgan fingerprint density at radius 1 is 0.746 bits per heavy atom. The highest BCUT2D eigenvalue weighted by atomic mass is 16.5. The van der Waals surface area contributed by atoms with Crippen molar-refractivity contribution in [1.29, 1.82) is 0 Å². The number of hydrogen-bond acceptors (Lipinski definition) is 9. The lowest BCUT2D eigenvalue weighted by molar-refractivity contribution is -0.140. The summed E-state index contributed by atoms with van der Waals surface area (Å²) in [6.45, 7) is 5.53. The molecule has 15 nitrogen and oxygen atoms in total. The molecule has 1 unspecified atom stereocenters. The molecule has 4 aromatic rings. The number of ether oxygens (including phenoxy) is 3. The molecular weight excluding hydrogens is 753 g/mol. The van der Waals surface area contributed by atoms with Crippen LogP contribution in [0.15, 0.2) is 60.9 Å². The number of aromatic amines is 2. The largest absolute Gasteiger partial charge is 0.453 e. The number of carbonyl (C=O) groups excluding carboxylic acids is 4. The van der Waals surface area contributed by atoms with E-state index in [2.05, 4.69) is 74.1 Å². The summed E-state index contributed by atoms with van der Waals surface area (Å²) in [6, 6.07) is 15.0. The number of imidazole rings is 2. The molecule has 3 saturated heterocycles. The Balaban J connectivity index is 0.937. The fourth-order valence-corrected chi connectivity index (χ4v) is 9.60. The number of rotatable bonds is 11. The third kappa shape index (κ3) is 8.17. The summed E-state index contributed by atoms with van der Waals surface area (Å²) >= 11 is 0. The third-order valence-electron chi connectivity index (χ3n) is 12.7. The summed E-state index contributed by atoms with van der Waals surface area (Å²) in [6.07, 6.45) is 8.37. The molecule has 8 rings (SSSR count). The second-order valence-electron chi connectivity index (χ2n) is 16.5. The molecule has 15 heteroatoms. The fourth-order valence-electron chi connectivity index (χ4n) is 9.60. The van der Waals surface area contributed by atoms with Crippen LogP contribution < -0.4 is 10.6 Å². The van der Waals surface area contributed by atoms with Gasteiger partial charge in [0.2, 0.25) is 11.8 Å². The third-order valence-corrected chi connectivity index (χ3v) is 12.7. The van der Waals surface area contributed by atoms with Crippen molar-refractivity contribution >= 4 is 24.0 Å². The van der Waals surface area contributed by atoms with E-state index in [1.165, 1.54) is 14.2 Å². The van der Waals surface area contributed by atoms with Crippen LogP contribution >= 0.6 is 0 Å². The number of piperidine rings is 1. The normalized spacial score (nSPS) is 22.7. The van der Waals surface area contributed by atoms with Crippen molar-refractivity contribution in [1.82, 2.24) is 40.4 Å². The number of carbonyl (C=O) groups is 4. The molecule has 4 N–H and O–H groups in total. The molecule has 0 spiro atoms. The quantitative estimate of drug-likeness (QED) is 0.134. The molecule has 3 aliphatic heterocycles. The molecule has 1 saturated carbocycles. The summed E-state index contributed by atoms with van der Waals surface area (Å²) in [7, 11) is 2.61. The number of aromatic nitrogens is 4. The topological polar surface area (TPSA) is 184 Å². The molecular formula is C44H54N8O7. The van der Waals surface area contributed by atoms with Crippen LogP contribution in [0.25, 0.3) is 33.6 Å². The maximum Gasteiger partial charge on any atom is 0.407 e. The van der Waals surface area contributed by atoms with E-state index in [1.807, 2.05) is 29.8 Å². The number of amides is 4. The van der Waals surface area contributed by atoms with Crippen LogP contribution in [0, 0.1) is 17.8 Å². The molecule has 0 radical (unpaired) electrons. The highest BCUT2D eigenvalue weighted by molar-refractivity contribution is 5.87. The highest BCUT2D eigenvalue weighted by Crippen LogP contribution is 2.50. The lowest BCUT2D eigenvalue weighted by Crippen LogP contribution is -2.55. The molecule has 2 aromatic carbocycles. The molecule has 312 valence electrons. The number of nitrogens with zero attached hydrogens (tertiary/aromatic N) is 4. The van der Waals surface area contributed by atoms with Gasteiger partial charge in [-0.2, -0.15) is 0 Å². The number of hydrogen-bond donors (Lipinski definition) is 4. The predicted octanol–water partition coefficient (Wildman–Crippen LogP) is 6.38. The average Bonchev–Trinajstić information content (AvgIpc) is 4.13. The van der Waals surface area contributed by atoms with E-state index in [0.717, 1.165) is 77.4 Å². The summed E-state index contributed by atoms with van der Waals surface area (Å²) < 4.78 is 15.2. The maximum atomic E-state index is 14.3. The first-order chi connectivity index (χ1) is 28.6. The molecule has 4 fully saturated rings. The summed E-state index contributed by atoms with van der Waals surface area (Å²) in [5.41, 5.74) is 5.83. The van der Waals surface area contributed by atoms with Crippen LogP contribution in [0.1, 0.15) is 82.5 Å². The molecule has 4 amide bonds. The molecule has 1 aliphatic carbocycles. The van der Waals surface area contributed by atoms with Gasteiger partial charge in [-0.1, -0.05) is 62.4 Å². The SMILES string of the molecule is COC(=O)NC(C(=O)N1CCC[C@H]1c1ncc(-c2ccc(-c3ccc(-c4cnc([C@@H]5[C@H]6CC[C@H](C6)N5C(=O)[C@@H](NC(=O)OC)C5CCOCC5)[nH]4)cc3)cc2)[nH]1)C(C)C. The van der Waals surface area contributed by atoms with Crippen LogP contribution in [0.2, 0.25) is 0 Å². The molecule has 5 heterocycles. The minimum atomic E-state index is -0.689. The van der Waals surface area contributed by atoms with Crippen LogP contribution in [0.5, 0.6) is 0 Å². The van der Waals surface area contributed by atoms with Gasteiger partial charge in [-0.15, -0.1) is 0 Å². The maximum absolute atomic E-state index is 14.3. The van der Waals surface area contributed by atoms with E-state index in [-0.39, 0.29) is 41.8 Å². The van der Waals surface area contributed by atoms with Crippen LogP contribution in [-0.2, 0) is 23.8 Å². The van der Waals surface area contributed by atoms with Crippen LogP contribution in [-0.4, -0.2) is 106 Å². The van der Waals surface area contributed by atoms with Crippen molar-refractivity contribution in [2.45, 2.75) is 89.0 Å². The number of benzene rings is 2. The van der Waals surface area contributed by atoms with Crippen molar-refractivity contribution < 1.29 is 33.4 Å². The van der Waals surface area contributed by atoms with Crippen molar-refractivity contribution in [2.75, 3.05) is 34.0 Å². The van der Waals surface area contributed by atoms with E-state index in [0.29, 0.717) is 38.5 Å². The average molecular weight is 807 g/mol. The molecule has 2 aromatic heterocycles. The fraction of sp³-hybridized carbons (Fsp3) is 0.500. The van der Waals surface area contributed by atoms with E-state index in [9.17, 15) is 19.2 Å². The Morgan fingerprint density at radius 3 is 1.93 bits per heavy atom. The molecule has 4 aliphatic rings. The highest BCUT2D eigenvalue weighted by Gasteiger charge is 2.52. The summed E-state index contributed by atoms with van der Waals surface area (Å²) in [5, 5.41) is 5.57. The number of alkyl carbamates (subject to hydrolysis) is 2.